The lowest BCUT2D eigenvalue weighted by Crippen LogP contribution is -2.23. The number of nitrogens with zero attached hydrogens (tertiary/aromatic N) is 3. The summed E-state index contributed by atoms with van der Waals surface area (Å²) < 4.78 is 7.41. The van der Waals surface area contributed by atoms with Gasteiger partial charge in [0.15, 0.2) is 11.0 Å². The monoisotopic (exact) mass is 410 g/mol. The lowest BCUT2D eigenvalue weighted by Gasteiger charge is -2.11. The zero-order chi connectivity index (χ0) is 20.5. The number of benzene rings is 2. The Morgan fingerprint density at radius 1 is 1.14 bits per heavy atom. The maximum absolute atomic E-state index is 11.8. The predicted molar refractivity (Wildman–Crippen MR) is 117 cm³/mol. The summed E-state index contributed by atoms with van der Waals surface area (Å²) >= 11 is 1.61. The molecule has 2 aromatic carbocycles. The number of carbonyl (C=O) groups excluding carboxylic acids is 1. The molecule has 0 radical (unpaired) electrons. The third-order valence-electron chi connectivity index (χ3n) is 4.33. The van der Waals surface area contributed by atoms with E-state index in [4.69, 9.17) is 4.74 Å². The summed E-state index contributed by atoms with van der Waals surface area (Å²) in [5.41, 5.74) is 1.94. The Morgan fingerprint density at radius 3 is 2.72 bits per heavy atom. The van der Waals surface area contributed by atoms with Crippen LogP contribution in [0.4, 0.5) is 0 Å². The van der Waals surface area contributed by atoms with Gasteiger partial charge in [0.05, 0.1) is 7.11 Å². The number of ether oxygens (including phenoxy) is 1. The summed E-state index contributed by atoms with van der Waals surface area (Å²) in [4.78, 5) is 11.8. The summed E-state index contributed by atoms with van der Waals surface area (Å²) in [5, 5.41) is 12.6. The molecular formula is C22H26N4O2S. The van der Waals surface area contributed by atoms with Gasteiger partial charge < -0.3 is 10.1 Å². The van der Waals surface area contributed by atoms with Crippen molar-refractivity contribution in [3.8, 4) is 22.8 Å². The molecule has 0 unspecified atom stereocenters. The molecule has 0 spiro atoms. The lowest BCUT2D eigenvalue weighted by molar-refractivity contribution is -0.121. The van der Waals surface area contributed by atoms with Crippen molar-refractivity contribution in [2.75, 3.05) is 19.4 Å². The third kappa shape index (κ3) is 5.60. The van der Waals surface area contributed by atoms with Crippen LogP contribution < -0.4 is 10.1 Å². The molecule has 29 heavy (non-hydrogen) atoms. The van der Waals surface area contributed by atoms with E-state index in [9.17, 15) is 4.79 Å². The number of nitrogens with one attached hydrogen (secondary N) is 1. The van der Waals surface area contributed by atoms with Crippen molar-refractivity contribution in [3.63, 3.8) is 0 Å². The summed E-state index contributed by atoms with van der Waals surface area (Å²) in [5.74, 6) is 2.44. The highest BCUT2D eigenvalue weighted by molar-refractivity contribution is 7.99. The molecule has 0 bridgehead atoms. The number of thioether (sulfide) groups is 1. The van der Waals surface area contributed by atoms with Gasteiger partial charge in [0.2, 0.25) is 5.91 Å². The predicted octanol–water partition coefficient (Wildman–Crippen LogP) is 4.34. The van der Waals surface area contributed by atoms with Crippen molar-refractivity contribution >= 4 is 17.7 Å². The number of hydrogen-bond donors (Lipinski definition) is 1. The van der Waals surface area contributed by atoms with Crippen LogP contribution in [0, 0.1) is 0 Å². The van der Waals surface area contributed by atoms with Crippen molar-refractivity contribution < 1.29 is 9.53 Å². The Balaban J connectivity index is 1.79. The van der Waals surface area contributed by atoms with Crippen LogP contribution in [-0.4, -0.2) is 40.1 Å². The molecule has 152 valence electrons. The molecule has 0 saturated carbocycles. The zero-order valence-electron chi connectivity index (χ0n) is 16.8. The van der Waals surface area contributed by atoms with E-state index in [2.05, 4.69) is 20.1 Å². The molecule has 6 nitrogen and oxygen atoms in total. The van der Waals surface area contributed by atoms with Gasteiger partial charge in [0.1, 0.15) is 5.75 Å². The van der Waals surface area contributed by atoms with Gasteiger partial charge in [0, 0.05) is 30.0 Å². The molecule has 1 aromatic heterocycles. The Morgan fingerprint density at radius 2 is 1.97 bits per heavy atom. The van der Waals surface area contributed by atoms with E-state index in [1.54, 1.807) is 18.9 Å². The van der Waals surface area contributed by atoms with Gasteiger partial charge in [-0.05, 0) is 37.1 Å². The molecule has 0 aliphatic heterocycles. The average Bonchev–Trinajstić information content (AvgIpc) is 3.20. The number of para-hydroxylation sites is 1. The van der Waals surface area contributed by atoms with Crippen LogP contribution in [0.15, 0.2) is 59.8 Å². The minimum absolute atomic E-state index is 0.106. The van der Waals surface area contributed by atoms with E-state index in [0.29, 0.717) is 6.42 Å². The van der Waals surface area contributed by atoms with Crippen molar-refractivity contribution in [1.82, 2.24) is 20.1 Å². The van der Waals surface area contributed by atoms with Crippen LogP contribution in [0.1, 0.15) is 26.2 Å². The number of hydrogen-bond acceptors (Lipinski definition) is 5. The summed E-state index contributed by atoms with van der Waals surface area (Å²) in [6, 6.07) is 17.9. The molecule has 3 aromatic rings. The van der Waals surface area contributed by atoms with Crippen LogP contribution in [0.25, 0.3) is 17.1 Å². The standard InChI is InChI=1S/C22H26N4O2S/c1-3-14-23-20(27)13-8-15-29-22-25-24-21(17-9-7-12-19(16-17)28-2)26(22)18-10-5-4-6-11-18/h4-7,9-12,16H,3,8,13-15H2,1-2H3,(H,23,27). The Bertz CT molecular complexity index is 928. The van der Waals surface area contributed by atoms with Crippen molar-refractivity contribution in [1.29, 1.82) is 0 Å². The van der Waals surface area contributed by atoms with Gasteiger partial charge in [-0.2, -0.15) is 0 Å². The lowest BCUT2D eigenvalue weighted by atomic mass is 10.2. The van der Waals surface area contributed by atoms with Gasteiger partial charge in [-0.1, -0.05) is 49.0 Å². The molecule has 3 rings (SSSR count). The van der Waals surface area contributed by atoms with Crippen LogP contribution in [-0.2, 0) is 4.79 Å². The minimum Gasteiger partial charge on any atom is -0.497 e. The normalized spacial score (nSPS) is 10.7. The summed E-state index contributed by atoms with van der Waals surface area (Å²) in [6.07, 6.45) is 2.26. The second-order valence-electron chi connectivity index (χ2n) is 6.51. The molecule has 0 atom stereocenters. The Kier molecular flexibility index (Phi) is 7.69. The molecule has 0 saturated heterocycles. The number of carbonyl (C=O) groups is 1. The first-order valence-corrected chi connectivity index (χ1v) is 10.8. The van der Waals surface area contributed by atoms with Crippen molar-refractivity contribution in [2.45, 2.75) is 31.3 Å². The highest BCUT2D eigenvalue weighted by Gasteiger charge is 2.16. The fourth-order valence-corrected chi connectivity index (χ4v) is 3.76. The van der Waals surface area contributed by atoms with E-state index in [0.717, 1.165) is 53.1 Å². The minimum atomic E-state index is 0.106. The van der Waals surface area contributed by atoms with Gasteiger partial charge >= 0.3 is 0 Å². The first kappa shape index (κ1) is 20.9. The molecule has 1 N–H and O–H groups in total. The van der Waals surface area contributed by atoms with Gasteiger partial charge in [-0.25, -0.2) is 0 Å². The van der Waals surface area contributed by atoms with Crippen LogP contribution in [0.2, 0.25) is 0 Å². The number of aromatic nitrogens is 3. The summed E-state index contributed by atoms with van der Waals surface area (Å²) in [6.45, 7) is 2.78. The quantitative estimate of drug-likeness (QED) is 0.398. The van der Waals surface area contributed by atoms with E-state index in [1.807, 2.05) is 61.5 Å². The van der Waals surface area contributed by atoms with Crippen LogP contribution in [0.3, 0.4) is 0 Å². The molecule has 7 heteroatoms. The van der Waals surface area contributed by atoms with E-state index in [1.165, 1.54) is 0 Å². The summed E-state index contributed by atoms with van der Waals surface area (Å²) in [7, 11) is 1.65. The second kappa shape index (κ2) is 10.7. The number of amides is 1. The molecule has 0 aliphatic carbocycles. The number of rotatable bonds is 10. The van der Waals surface area contributed by atoms with Crippen LogP contribution >= 0.6 is 11.8 Å². The topological polar surface area (TPSA) is 69.0 Å². The van der Waals surface area contributed by atoms with Gasteiger partial charge in [0.25, 0.3) is 0 Å². The smallest absolute Gasteiger partial charge is 0.220 e. The number of methoxy groups -OCH3 is 1. The second-order valence-corrected chi connectivity index (χ2v) is 7.57. The largest absolute Gasteiger partial charge is 0.497 e. The zero-order valence-corrected chi connectivity index (χ0v) is 17.6. The molecule has 1 amide bonds. The maximum atomic E-state index is 11.8. The Labute approximate surface area is 175 Å². The van der Waals surface area contributed by atoms with Gasteiger partial charge in [-0.3, -0.25) is 9.36 Å². The van der Waals surface area contributed by atoms with Crippen LogP contribution in [0.5, 0.6) is 5.75 Å². The van der Waals surface area contributed by atoms with Crippen molar-refractivity contribution in [3.05, 3.63) is 54.6 Å². The van der Waals surface area contributed by atoms with E-state index in [-0.39, 0.29) is 5.91 Å². The van der Waals surface area contributed by atoms with E-state index >= 15 is 0 Å². The Hall–Kier alpha value is -2.80. The molecule has 1 heterocycles. The fraction of sp³-hybridized carbons (Fsp3) is 0.318. The molecular weight excluding hydrogens is 384 g/mol. The van der Waals surface area contributed by atoms with Gasteiger partial charge in [-0.15, -0.1) is 10.2 Å². The van der Waals surface area contributed by atoms with Crippen molar-refractivity contribution in [2.24, 2.45) is 0 Å². The maximum Gasteiger partial charge on any atom is 0.220 e. The average molecular weight is 411 g/mol. The molecule has 0 fully saturated rings. The van der Waals surface area contributed by atoms with E-state index < -0.39 is 0 Å². The SMILES string of the molecule is CCCNC(=O)CCCSc1nnc(-c2cccc(OC)c2)n1-c1ccccc1. The highest BCUT2D eigenvalue weighted by Crippen LogP contribution is 2.30. The molecule has 0 aliphatic rings. The highest BCUT2D eigenvalue weighted by atomic mass is 32.2. The third-order valence-corrected chi connectivity index (χ3v) is 5.34. The first-order chi connectivity index (χ1) is 14.2. The fourth-order valence-electron chi connectivity index (χ4n) is 2.87. The first-order valence-electron chi connectivity index (χ1n) is 9.77.